The monoisotopic (exact) mass is 299 g/mol. The molecule has 1 N–H and O–H groups in total. The summed E-state index contributed by atoms with van der Waals surface area (Å²) < 4.78 is 23.5. The second-order valence-corrected chi connectivity index (χ2v) is 4.59. The minimum absolute atomic E-state index is 0.273. The smallest absolute Gasteiger partial charge is 0.247 e. The number of hydrogen-bond acceptors (Lipinski definition) is 5. The summed E-state index contributed by atoms with van der Waals surface area (Å²) in [6.45, 7) is 0.370. The first-order valence-corrected chi connectivity index (χ1v) is 6.71. The van der Waals surface area contributed by atoms with Crippen molar-refractivity contribution >= 4 is 5.69 Å². The average molecular weight is 299 g/mol. The molecule has 0 aliphatic heterocycles. The van der Waals surface area contributed by atoms with Crippen molar-refractivity contribution in [2.45, 2.75) is 6.54 Å². The fourth-order valence-corrected chi connectivity index (χ4v) is 1.92. The summed E-state index contributed by atoms with van der Waals surface area (Å²) in [6.07, 6.45) is 0. The van der Waals surface area contributed by atoms with Crippen LogP contribution in [-0.4, -0.2) is 17.3 Å². The van der Waals surface area contributed by atoms with E-state index in [2.05, 4.69) is 15.5 Å². The molecule has 3 aromatic rings. The fourth-order valence-electron chi connectivity index (χ4n) is 1.92. The van der Waals surface area contributed by atoms with Gasteiger partial charge in [-0.2, -0.15) is 0 Å². The summed E-state index contributed by atoms with van der Waals surface area (Å²) >= 11 is 0. The van der Waals surface area contributed by atoms with Gasteiger partial charge in [0.05, 0.1) is 13.7 Å². The molecular weight excluding hydrogens is 285 g/mol. The van der Waals surface area contributed by atoms with E-state index >= 15 is 0 Å². The van der Waals surface area contributed by atoms with Crippen molar-refractivity contribution in [3.8, 4) is 17.2 Å². The van der Waals surface area contributed by atoms with Crippen molar-refractivity contribution in [2.24, 2.45) is 0 Å². The molecule has 0 amide bonds. The number of anilines is 1. The Bertz CT molecular complexity index is 739. The number of benzene rings is 2. The van der Waals surface area contributed by atoms with E-state index in [1.165, 1.54) is 12.1 Å². The predicted molar refractivity (Wildman–Crippen MR) is 80.0 cm³/mol. The highest BCUT2D eigenvalue weighted by Crippen LogP contribution is 2.21. The highest BCUT2D eigenvalue weighted by atomic mass is 19.1. The van der Waals surface area contributed by atoms with Gasteiger partial charge in [0.2, 0.25) is 11.8 Å². The molecule has 0 saturated heterocycles. The van der Waals surface area contributed by atoms with E-state index in [1.54, 1.807) is 19.2 Å². The number of nitrogens with one attached hydrogen (secondary N) is 1. The molecule has 0 atom stereocenters. The molecule has 0 unspecified atom stereocenters. The minimum Gasteiger partial charge on any atom is -0.497 e. The van der Waals surface area contributed by atoms with Gasteiger partial charge in [-0.15, -0.1) is 10.2 Å². The standard InChI is InChI=1S/C16H14FN3O2/c1-21-14-8-2-11(3-9-14)16-20-19-15(22-16)10-18-13-6-4-12(17)5-7-13/h2-9,18H,10H2,1H3. The zero-order chi connectivity index (χ0) is 15.4. The van der Waals surface area contributed by atoms with Crippen molar-refractivity contribution in [3.63, 3.8) is 0 Å². The van der Waals surface area contributed by atoms with Gasteiger partial charge in [-0.05, 0) is 48.5 Å². The molecule has 6 heteroatoms. The Morgan fingerprint density at radius 2 is 1.77 bits per heavy atom. The molecule has 0 aliphatic carbocycles. The Hall–Kier alpha value is -2.89. The lowest BCUT2D eigenvalue weighted by Gasteiger charge is -2.02. The normalized spacial score (nSPS) is 10.5. The van der Waals surface area contributed by atoms with Crippen LogP contribution in [-0.2, 0) is 6.54 Å². The maximum Gasteiger partial charge on any atom is 0.247 e. The summed E-state index contributed by atoms with van der Waals surface area (Å²) in [5.74, 6) is 1.39. The van der Waals surface area contributed by atoms with Gasteiger partial charge >= 0.3 is 0 Å². The van der Waals surface area contributed by atoms with Crippen LogP contribution in [0.15, 0.2) is 52.9 Å². The first-order valence-electron chi connectivity index (χ1n) is 6.71. The van der Waals surface area contributed by atoms with E-state index in [4.69, 9.17) is 9.15 Å². The minimum atomic E-state index is -0.273. The van der Waals surface area contributed by atoms with Crippen LogP contribution >= 0.6 is 0 Å². The Kier molecular flexibility index (Phi) is 4.00. The third-order valence-corrected chi connectivity index (χ3v) is 3.09. The van der Waals surface area contributed by atoms with Gasteiger partial charge in [-0.25, -0.2) is 4.39 Å². The van der Waals surface area contributed by atoms with Crippen LogP contribution in [0.3, 0.4) is 0 Å². The average Bonchev–Trinajstić information content (AvgIpc) is 3.03. The van der Waals surface area contributed by atoms with Gasteiger partial charge in [0.1, 0.15) is 11.6 Å². The molecule has 3 rings (SSSR count). The van der Waals surface area contributed by atoms with Gasteiger partial charge in [0.25, 0.3) is 0 Å². The van der Waals surface area contributed by atoms with E-state index in [-0.39, 0.29) is 5.82 Å². The number of hydrogen-bond donors (Lipinski definition) is 1. The quantitative estimate of drug-likeness (QED) is 0.781. The largest absolute Gasteiger partial charge is 0.497 e. The molecule has 0 bridgehead atoms. The second kappa shape index (κ2) is 6.26. The summed E-state index contributed by atoms with van der Waals surface area (Å²) in [6, 6.07) is 13.4. The second-order valence-electron chi connectivity index (χ2n) is 4.59. The number of nitrogens with zero attached hydrogens (tertiary/aromatic N) is 2. The molecule has 2 aromatic carbocycles. The van der Waals surface area contributed by atoms with Crippen LogP contribution in [0.2, 0.25) is 0 Å². The molecule has 0 radical (unpaired) electrons. The van der Waals surface area contributed by atoms with Crippen molar-refractivity contribution < 1.29 is 13.5 Å². The molecular formula is C16H14FN3O2. The van der Waals surface area contributed by atoms with E-state index in [0.29, 0.717) is 18.3 Å². The first-order chi connectivity index (χ1) is 10.7. The number of ether oxygens (including phenoxy) is 1. The van der Waals surface area contributed by atoms with Gasteiger partial charge in [-0.1, -0.05) is 0 Å². The molecule has 1 aromatic heterocycles. The summed E-state index contributed by atoms with van der Waals surface area (Å²) in [7, 11) is 1.61. The first kappa shape index (κ1) is 14.1. The van der Waals surface area contributed by atoms with E-state index in [1.807, 2.05) is 24.3 Å². The summed E-state index contributed by atoms with van der Waals surface area (Å²) in [5.41, 5.74) is 1.60. The molecule has 5 nitrogen and oxygen atoms in total. The van der Waals surface area contributed by atoms with E-state index in [0.717, 1.165) is 17.0 Å². The van der Waals surface area contributed by atoms with Gasteiger partial charge in [0, 0.05) is 11.3 Å². The molecule has 0 spiro atoms. The zero-order valence-corrected chi connectivity index (χ0v) is 11.9. The van der Waals surface area contributed by atoms with Crippen molar-refractivity contribution in [1.29, 1.82) is 0 Å². The Morgan fingerprint density at radius 1 is 1.05 bits per heavy atom. The van der Waals surface area contributed by atoms with Gasteiger partial charge in [-0.3, -0.25) is 0 Å². The Balaban J connectivity index is 1.66. The third-order valence-electron chi connectivity index (χ3n) is 3.09. The van der Waals surface area contributed by atoms with Crippen molar-refractivity contribution in [3.05, 3.63) is 60.2 Å². The maximum absolute atomic E-state index is 12.8. The molecule has 0 saturated carbocycles. The number of rotatable bonds is 5. The third kappa shape index (κ3) is 3.22. The Labute approximate surface area is 126 Å². The molecule has 1 heterocycles. The van der Waals surface area contributed by atoms with Crippen molar-refractivity contribution in [2.75, 3.05) is 12.4 Å². The molecule has 0 aliphatic rings. The van der Waals surface area contributed by atoms with Crippen molar-refractivity contribution in [1.82, 2.24) is 10.2 Å². The molecule has 0 fully saturated rings. The van der Waals surface area contributed by atoms with E-state index in [9.17, 15) is 4.39 Å². The maximum atomic E-state index is 12.8. The van der Waals surface area contributed by atoms with Crippen LogP contribution < -0.4 is 10.1 Å². The summed E-state index contributed by atoms with van der Waals surface area (Å²) in [4.78, 5) is 0. The number of halogens is 1. The van der Waals surface area contributed by atoms with Crippen LogP contribution in [0.4, 0.5) is 10.1 Å². The van der Waals surface area contributed by atoms with Gasteiger partial charge < -0.3 is 14.5 Å². The van der Waals surface area contributed by atoms with E-state index < -0.39 is 0 Å². The highest BCUT2D eigenvalue weighted by molar-refractivity contribution is 5.54. The predicted octanol–water partition coefficient (Wildman–Crippen LogP) is 3.50. The molecule has 112 valence electrons. The highest BCUT2D eigenvalue weighted by Gasteiger charge is 2.08. The summed E-state index contributed by atoms with van der Waals surface area (Å²) in [5, 5.41) is 11.1. The molecule has 22 heavy (non-hydrogen) atoms. The van der Waals surface area contributed by atoms with Gasteiger partial charge in [0.15, 0.2) is 0 Å². The SMILES string of the molecule is COc1ccc(-c2nnc(CNc3ccc(F)cc3)o2)cc1. The number of methoxy groups -OCH3 is 1. The topological polar surface area (TPSA) is 60.2 Å². The lowest BCUT2D eigenvalue weighted by molar-refractivity contribution is 0.415. The Morgan fingerprint density at radius 3 is 2.45 bits per heavy atom. The fraction of sp³-hybridized carbons (Fsp3) is 0.125. The van der Waals surface area contributed by atoms with Crippen LogP contribution in [0.5, 0.6) is 5.75 Å². The lowest BCUT2D eigenvalue weighted by Crippen LogP contribution is -1.99. The zero-order valence-electron chi connectivity index (χ0n) is 11.9. The van der Waals surface area contributed by atoms with Crippen LogP contribution in [0.25, 0.3) is 11.5 Å². The van der Waals surface area contributed by atoms with Crippen LogP contribution in [0, 0.1) is 5.82 Å². The number of aromatic nitrogens is 2. The lowest BCUT2D eigenvalue weighted by atomic mass is 10.2. The van der Waals surface area contributed by atoms with Crippen LogP contribution in [0.1, 0.15) is 5.89 Å².